The molecule has 0 unspecified atom stereocenters. The molecule has 2 heterocycles. The fourth-order valence-corrected chi connectivity index (χ4v) is 3.73. The molecule has 0 radical (unpaired) electrons. The number of hydrogen-bond acceptors (Lipinski definition) is 6. The third-order valence-electron chi connectivity index (χ3n) is 4.18. The molecule has 6 heteroatoms. The van der Waals surface area contributed by atoms with E-state index in [4.69, 9.17) is 9.47 Å². The summed E-state index contributed by atoms with van der Waals surface area (Å²) in [5, 5.41) is 6.58. The summed E-state index contributed by atoms with van der Waals surface area (Å²) < 4.78 is 11.3. The Labute approximate surface area is 158 Å². The molecule has 0 saturated carbocycles. The van der Waals surface area contributed by atoms with E-state index in [2.05, 4.69) is 46.6 Å². The maximum Gasteiger partial charge on any atom is 0.138 e. The molecule has 138 valence electrons. The second-order valence-electron chi connectivity index (χ2n) is 6.14. The molecule has 0 aliphatic rings. The zero-order valence-corrected chi connectivity index (χ0v) is 16.4. The number of thiophene rings is 1. The maximum absolute atomic E-state index is 5.93. The highest BCUT2D eigenvalue weighted by atomic mass is 32.1. The number of ether oxygens (including phenoxy) is 2. The van der Waals surface area contributed by atoms with Crippen molar-refractivity contribution in [3.05, 3.63) is 46.6 Å². The summed E-state index contributed by atoms with van der Waals surface area (Å²) in [5.74, 6) is 1.80. The Morgan fingerprint density at radius 3 is 2.81 bits per heavy atom. The number of aryl methyl sites for hydroxylation is 2. The standard InChI is InChI=1S/C20H25N3O2S/c1-4-24-9-7-16-5-6-17(14(2)11-16)25-10-8-21-19-18-15(3)12-26-20(18)23-13-22-19/h5-6,11-13H,4,7-10H2,1-3H3,(H,21,22,23). The highest BCUT2D eigenvalue weighted by molar-refractivity contribution is 7.17. The van der Waals surface area contributed by atoms with Crippen molar-refractivity contribution < 1.29 is 9.47 Å². The normalized spacial score (nSPS) is 11.0. The van der Waals surface area contributed by atoms with Crippen molar-refractivity contribution in [3.8, 4) is 5.75 Å². The van der Waals surface area contributed by atoms with Crippen LogP contribution in [0.15, 0.2) is 29.9 Å². The van der Waals surface area contributed by atoms with Crippen LogP contribution in [0.25, 0.3) is 10.2 Å². The molecule has 0 fully saturated rings. The highest BCUT2D eigenvalue weighted by Gasteiger charge is 2.08. The van der Waals surface area contributed by atoms with E-state index in [1.807, 2.05) is 13.0 Å². The first-order chi connectivity index (χ1) is 12.7. The van der Waals surface area contributed by atoms with Crippen molar-refractivity contribution in [2.45, 2.75) is 27.2 Å². The molecular formula is C20H25N3O2S. The van der Waals surface area contributed by atoms with Crippen LogP contribution in [0.2, 0.25) is 0 Å². The lowest BCUT2D eigenvalue weighted by Gasteiger charge is -2.12. The van der Waals surface area contributed by atoms with E-state index in [-0.39, 0.29) is 0 Å². The van der Waals surface area contributed by atoms with Gasteiger partial charge >= 0.3 is 0 Å². The summed E-state index contributed by atoms with van der Waals surface area (Å²) in [4.78, 5) is 9.69. The van der Waals surface area contributed by atoms with Gasteiger partial charge in [0.05, 0.1) is 18.5 Å². The third kappa shape index (κ3) is 4.51. The van der Waals surface area contributed by atoms with E-state index < -0.39 is 0 Å². The molecule has 0 bridgehead atoms. The van der Waals surface area contributed by atoms with Gasteiger partial charge in [0.1, 0.15) is 29.3 Å². The highest BCUT2D eigenvalue weighted by Crippen LogP contribution is 2.28. The quantitative estimate of drug-likeness (QED) is 0.566. The van der Waals surface area contributed by atoms with Gasteiger partial charge in [-0.05, 0) is 55.3 Å². The van der Waals surface area contributed by atoms with Crippen LogP contribution in [0, 0.1) is 13.8 Å². The smallest absolute Gasteiger partial charge is 0.138 e. The van der Waals surface area contributed by atoms with Crippen molar-refractivity contribution in [1.29, 1.82) is 0 Å². The van der Waals surface area contributed by atoms with Crippen molar-refractivity contribution in [1.82, 2.24) is 9.97 Å². The average Bonchev–Trinajstić information content (AvgIpc) is 3.02. The summed E-state index contributed by atoms with van der Waals surface area (Å²) in [7, 11) is 0. The zero-order valence-electron chi connectivity index (χ0n) is 15.5. The second-order valence-corrected chi connectivity index (χ2v) is 7.00. The van der Waals surface area contributed by atoms with E-state index in [9.17, 15) is 0 Å². The number of anilines is 1. The second kappa shape index (κ2) is 8.96. The Bertz CT molecular complexity index is 863. The molecule has 3 aromatic rings. The van der Waals surface area contributed by atoms with E-state index in [1.165, 1.54) is 11.1 Å². The van der Waals surface area contributed by atoms with Gasteiger partial charge in [-0.25, -0.2) is 9.97 Å². The van der Waals surface area contributed by atoms with Crippen LogP contribution in [-0.4, -0.2) is 36.3 Å². The van der Waals surface area contributed by atoms with Crippen molar-refractivity contribution in [2.75, 3.05) is 31.7 Å². The minimum Gasteiger partial charge on any atom is -0.491 e. The molecule has 1 aromatic carbocycles. The van der Waals surface area contributed by atoms with Gasteiger partial charge in [-0.1, -0.05) is 12.1 Å². The van der Waals surface area contributed by atoms with E-state index in [0.717, 1.165) is 47.0 Å². The van der Waals surface area contributed by atoms with Gasteiger partial charge < -0.3 is 14.8 Å². The summed E-state index contributed by atoms with van der Waals surface area (Å²) in [6, 6.07) is 6.32. The Kier molecular flexibility index (Phi) is 6.41. The lowest BCUT2D eigenvalue weighted by molar-refractivity contribution is 0.151. The lowest BCUT2D eigenvalue weighted by atomic mass is 10.1. The number of hydrogen-bond donors (Lipinski definition) is 1. The topological polar surface area (TPSA) is 56.3 Å². The SMILES string of the molecule is CCOCCc1ccc(OCCNc2ncnc3scc(C)c23)c(C)c1. The summed E-state index contributed by atoms with van der Waals surface area (Å²) in [6.45, 7) is 8.96. The van der Waals surface area contributed by atoms with Gasteiger partial charge in [-0.3, -0.25) is 0 Å². The fourth-order valence-electron chi connectivity index (χ4n) is 2.85. The molecule has 26 heavy (non-hydrogen) atoms. The first-order valence-corrected chi connectivity index (χ1v) is 9.79. The summed E-state index contributed by atoms with van der Waals surface area (Å²) in [6.07, 6.45) is 2.53. The number of nitrogens with zero attached hydrogens (tertiary/aromatic N) is 2. The number of nitrogens with one attached hydrogen (secondary N) is 1. The Hall–Kier alpha value is -2.18. The van der Waals surface area contributed by atoms with Gasteiger partial charge in [-0.2, -0.15) is 0 Å². The molecular weight excluding hydrogens is 346 g/mol. The Morgan fingerprint density at radius 2 is 2.00 bits per heavy atom. The maximum atomic E-state index is 5.93. The largest absolute Gasteiger partial charge is 0.491 e. The first kappa shape index (κ1) is 18.6. The van der Waals surface area contributed by atoms with Gasteiger partial charge in [0.25, 0.3) is 0 Å². The predicted molar refractivity (Wildman–Crippen MR) is 108 cm³/mol. The van der Waals surface area contributed by atoms with Gasteiger partial charge in [-0.15, -0.1) is 11.3 Å². The number of fused-ring (bicyclic) bond motifs is 1. The first-order valence-electron chi connectivity index (χ1n) is 8.91. The molecule has 2 aromatic heterocycles. The van der Waals surface area contributed by atoms with Crippen LogP contribution < -0.4 is 10.1 Å². The minimum absolute atomic E-state index is 0.577. The lowest BCUT2D eigenvalue weighted by Crippen LogP contribution is -2.13. The van der Waals surface area contributed by atoms with Crippen molar-refractivity contribution in [3.63, 3.8) is 0 Å². The van der Waals surface area contributed by atoms with Crippen LogP contribution in [0.4, 0.5) is 5.82 Å². The fraction of sp³-hybridized carbons (Fsp3) is 0.400. The van der Waals surface area contributed by atoms with Crippen LogP contribution in [0.1, 0.15) is 23.6 Å². The van der Waals surface area contributed by atoms with Crippen LogP contribution in [0.5, 0.6) is 5.75 Å². The molecule has 5 nitrogen and oxygen atoms in total. The number of rotatable bonds is 9. The van der Waals surface area contributed by atoms with Crippen molar-refractivity contribution in [2.24, 2.45) is 0 Å². The van der Waals surface area contributed by atoms with Crippen LogP contribution in [0.3, 0.4) is 0 Å². The van der Waals surface area contributed by atoms with E-state index >= 15 is 0 Å². The van der Waals surface area contributed by atoms with Gasteiger partial charge in [0.15, 0.2) is 0 Å². The molecule has 0 aliphatic carbocycles. The zero-order chi connectivity index (χ0) is 18.4. The minimum atomic E-state index is 0.577. The molecule has 0 saturated heterocycles. The Balaban J connectivity index is 1.52. The summed E-state index contributed by atoms with van der Waals surface area (Å²) in [5.41, 5.74) is 3.63. The van der Waals surface area contributed by atoms with Crippen LogP contribution in [-0.2, 0) is 11.2 Å². The number of benzene rings is 1. The summed E-state index contributed by atoms with van der Waals surface area (Å²) >= 11 is 1.64. The molecule has 0 amide bonds. The average molecular weight is 372 g/mol. The molecule has 0 atom stereocenters. The molecule has 1 N–H and O–H groups in total. The van der Waals surface area contributed by atoms with Gasteiger partial charge in [0.2, 0.25) is 0 Å². The van der Waals surface area contributed by atoms with E-state index in [1.54, 1.807) is 17.7 Å². The predicted octanol–water partition coefficient (Wildman–Crippen LogP) is 4.38. The molecule has 0 aliphatic heterocycles. The van der Waals surface area contributed by atoms with E-state index in [0.29, 0.717) is 13.2 Å². The Morgan fingerprint density at radius 1 is 1.12 bits per heavy atom. The molecule has 0 spiro atoms. The monoisotopic (exact) mass is 371 g/mol. The van der Waals surface area contributed by atoms with Crippen LogP contribution >= 0.6 is 11.3 Å². The van der Waals surface area contributed by atoms with Crippen molar-refractivity contribution >= 4 is 27.4 Å². The van der Waals surface area contributed by atoms with Gasteiger partial charge in [0, 0.05) is 6.61 Å². The third-order valence-corrected chi connectivity index (χ3v) is 5.19. The number of aromatic nitrogens is 2. The molecule has 3 rings (SSSR count).